The molecule has 4 unspecified atom stereocenters. The van der Waals surface area contributed by atoms with Gasteiger partial charge in [0.1, 0.15) is 6.23 Å². The number of carbonyl (C=O) groups is 2. The van der Waals surface area contributed by atoms with E-state index in [1.54, 1.807) is 6.92 Å². The molecule has 0 radical (unpaired) electrons. The number of amides is 1. The van der Waals surface area contributed by atoms with Crippen molar-refractivity contribution in [1.29, 1.82) is 0 Å². The maximum Gasteiger partial charge on any atom is 0.303 e. The van der Waals surface area contributed by atoms with Crippen LogP contribution in [0, 0.1) is 17.8 Å². The molecule has 2 aliphatic rings. The van der Waals surface area contributed by atoms with Crippen molar-refractivity contribution in [2.45, 2.75) is 85.3 Å². The Morgan fingerprint density at radius 3 is 2.38 bits per heavy atom. The Bertz CT molecular complexity index is 529. The van der Waals surface area contributed by atoms with Gasteiger partial charge in [-0.2, -0.15) is 0 Å². The lowest BCUT2D eigenvalue weighted by atomic mass is 9.78. The van der Waals surface area contributed by atoms with E-state index in [1.165, 1.54) is 5.57 Å². The van der Waals surface area contributed by atoms with E-state index in [9.17, 15) is 9.59 Å². The monoisotopic (exact) mass is 411 g/mol. The van der Waals surface area contributed by atoms with Gasteiger partial charge in [-0.25, -0.2) is 0 Å². The van der Waals surface area contributed by atoms with Gasteiger partial charge in [-0.1, -0.05) is 31.4 Å². The van der Waals surface area contributed by atoms with E-state index >= 15 is 0 Å². The first kappa shape index (κ1) is 25.6. The lowest BCUT2D eigenvalue weighted by Gasteiger charge is -2.28. The molecular formula is C23H41NO5. The van der Waals surface area contributed by atoms with Crippen LogP contribution in [-0.2, 0) is 14.3 Å². The first-order chi connectivity index (χ1) is 13.7. The SMILES string of the molecule is CC(=O)N1CCOC1CC(C)CCC=C(C)C.O=C(O)CC1CCCCC1CO. The molecule has 29 heavy (non-hydrogen) atoms. The van der Waals surface area contributed by atoms with Gasteiger partial charge in [0.25, 0.3) is 0 Å². The number of ether oxygens (including phenoxy) is 1. The van der Waals surface area contributed by atoms with Gasteiger partial charge in [0.05, 0.1) is 6.61 Å². The van der Waals surface area contributed by atoms with Gasteiger partial charge in [-0.3, -0.25) is 9.59 Å². The van der Waals surface area contributed by atoms with Crippen LogP contribution < -0.4 is 0 Å². The number of aliphatic hydroxyl groups excluding tert-OH is 1. The summed E-state index contributed by atoms with van der Waals surface area (Å²) in [7, 11) is 0. The molecule has 168 valence electrons. The number of nitrogens with zero attached hydrogens (tertiary/aromatic N) is 1. The van der Waals surface area contributed by atoms with Crippen LogP contribution in [0.4, 0.5) is 0 Å². The van der Waals surface area contributed by atoms with Crippen molar-refractivity contribution in [3.05, 3.63) is 11.6 Å². The number of carboxylic acids is 1. The highest BCUT2D eigenvalue weighted by molar-refractivity contribution is 5.73. The molecule has 0 aromatic carbocycles. The third-order valence-corrected chi connectivity index (χ3v) is 5.95. The number of hydrogen-bond donors (Lipinski definition) is 2. The third kappa shape index (κ3) is 10.3. The molecule has 6 nitrogen and oxygen atoms in total. The topological polar surface area (TPSA) is 87.1 Å². The molecule has 1 heterocycles. The second-order valence-corrected chi connectivity index (χ2v) is 8.82. The van der Waals surface area contributed by atoms with E-state index in [0.717, 1.165) is 51.5 Å². The van der Waals surface area contributed by atoms with E-state index in [2.05, 4.69) is 26.8 Å². The van der Waals surface area contributed by atoms with Crippen LogP contribution in [0.1, 0.15) is 79.1 Å². The quantitative estimate of drug-likeness (QED) is 0.584. The van der Waals surface area contributed by atoms with Crippen LogP contribution in [-0.4, -0.2) is 53.0 Å². The maximum absolute atomic E-state index is 11.4. The van der Waals surface area contributed by atoms with Gasteiger partial charge in [-0.05, 0) is 63.7 Å². The predicted octanol–water partition coefficient (Wildman–Crippen LogP) is 4.22. The summed E-state index contributed by atoms with van der Waals surface area (Å²) in [6, 6.07) is 0. The van der Waals surface area contributed by atoms with E-state index in [0.29, 0.717) is 12.5 Å². The van der Waals surface area contributed by atoms with Crippen molar-refractivity contribution in [2.24, 2.45) is 17.8 Å². The van der Waals surface area contributed by atoms with Gasteiger partial charge in [0, 0.05) is 26.5 Å². The Balaban J connectivity index is 0.000000308. The smallest absolute Gasteiger partial charge is 0.303 e. The summed E-state index contributed by atoms with van der Waals surface area (Å²) in [5.74, 6) is 0.427. The largest absolute Gasteiger partial charge is 0.481 e. The highest BCUT2D eigenvalue weighted by Crippen LogP contribution is 2.31. The van der Waals surface area contributed by atoms with E-state index in [-0.39, 0.29) is 37.0 Å². The number of rotatable bonds is 8. The van der Waals surface area contributed by atoms with Gasteiger partial charge in [0.2, 0.25) is 5.91 Å². The minimum Gasteiger partial charge on any atom is -0.481 e. The van der Waals surface area contributed by atoms with Gasteiger partial charge < -0.3 is 19.8 Å². The van der Waals surface area contributed by atoms with Crippen LogP contribution >= 0.6 is 0 Å². The molecule has 2 fully saturated rings. The van der Waals surface area contributed by atoms with Crippen LogP contribution in [0.2, 0.25) is 0 Å². The van der Waals surface area contributed by atoms with Gasteiger partial charge in [0.15, 0.2) is 0 Å². The van der Waals surface area contributed by atoms with Crippen molar-refractivity contribution in [3.8, 4) is 0 Å². The fourth-order valence-corrected chi connectivity index (χ4v) is 4.21. The van der Waals surface area contributed by atoms with Crippen molar-refractivity contribution >= 4 is 11.9 Å². The van der Waals surface area contributed by atoms with Crippen LogP contribution in [0.25, 0.3) is 0 Å². The molecule has 6 heteroatoms. The van der Waals surface area contributed by atoms with Crippen LogP contribution in [0.15, 0.2) is 11.6 Å². The minimum atomic E-state index is -0.736. The van der Waals surface area contributed by atoms with Crippen molar-refractivity contribution in [3.63, 3.8) is 0 Å². The number of aliphatic carboxylic acids is 1. The van der Waals surface area contributed by atoms with Crippen molar-refractivity contribution in [1.82, 2.24) is 4.90 Å². The maximum atomic E-state index is 11.4. The van der Waals surface area contributed by atoms with E-state index in [1.807, 2.05) is 4.90 Å². The third-order valence-electron chi connectivity index (χ3n) is 5.95. The summed E-state index contributed by atoms with van der Waals surface area (Å²) < 4.78 is 5.61. The zero-order chi connectivity index (χ0) is 21.8. The fraction of sp³-hybridized carbons (Fsp3) is 0.826. The molecule has 1 amide bonds. The second kappa shape index (κ2) is 13.8. The Morgan fingerprint density at radius 1 is 1.17 bits per heavy atom. The summed E-state index contributed by atoms with van der Waals surface area (Å²) in [6.07, 6.45) is 9.97. The lowest BCUT2D eigenvalue weighted by molar-refractivity contribution is -0.139. The van der Waals surface area contributed by atoms with Gasteiger partial charge in [-0.15, -0.1) is 0 Å². The lowest BCUT2D eigenvalue weighted by Crippen LogP contribution is -2.35. The zero-order valence-corrected chi connectivity index (χ0v) is 18.7. The zero-order valence-electron chi connectivity index (χ0n) is 18.7. The summed E-state index contributed by atoms with van der Waals surface area (Å²) >= 11 is 0. The standard InChI is InChI=1S/C14H25NO2.C9H16O3/c1-11(2)6-5-7-12(3)10-14-15(13(4)16)8-9-17-14;10-6-8-4-2-1-3-7(8)5-9(11)12/h6,12,14H,5,7-10H2,1-4H3;7-8,10H,1-6H2,(H,11,12). The average molecular weight is 412 g/mol. The normalized spacial score (nSPS) is 25.0. The minimum absolute atomic E-state index is 0.00852. The number of carboxylic acid groups (broad SMARTS) is 1. The molecule has 2 rings (SSSR count). The Morgan fingerprint density at radius 2 is 1.83 bits per heavy atom. The number of carbonyl (C=O) groups excluding carboxylic acids is 1. The summed E-state index contributed by atoms with van der Waals surface area (Å²) in [5.41, 5.74) is 1.37. The molecule has 1 saturated heterocycles. The molecule has 0 spiro atoms. The molecule has 0 aromatic rings. The molecule has 0 bridgehead atoms. The Labute approximate surface area is 176 Å². The summed E-state index contributed by atoms with van der Waals surface area (Å²) in [5, 5.41) is 17.6. The van der Waals surface area contributed by atoms with E-state index < -0.39 is 5.97 Å². The fourth-order valence-electron chi connectivity index (χ4n) is 4.21. The van der Waals surface area contributed by atoms with Crippen molar-refractivity contribution in [2.75, 3.05) is 19.8 Å². The van der Waals surface area contributed by atoms with Crippen LogP contribution in [0.5, 0.6) is 0 Å². The van der Waals surface area contributed by atoms with Crippen molar-refractivity contribution < 1.29 is 24.5 Å². The molecule has 0 aromatic heterocycles. The number of aliphatic hydroxyl groups is 1. The molecule has 4 atom stereocenters. The number of hydrogen-bond acceptors (Lipinski definition) is 4. The summed E-state index contributed by atoms with van der Waals surface area (Å²) in [6.45, 7) is 9.70. The molecule has 1 saturated carbocycles. The molecule has 2 N–H and O–H groups in total. The van der Waals surface area contributed by atoms with Gasteiger partial charge >= 0.3 is 5.97 Å². The molecule has 1 aliphatic carbocycles. The van der Waals surface area contributed by atoms with E-state index in [4.69, 9.17) is 14.9 Å². The second-order valence-electron chi connectivity index (χ2n) is 8.82. The predicted molar refractivity (Wildman–Crippen MR) is 114 cm³/mol. The molecular weight excluding hydrogens is 370 g/mol. The molecule has 1 aliphatic heterocycles. The Hall–Kier alpha value is -1.40. The summed E-state index contributed by atoms with van der Waals surface area (Å²) in [4.78, 5) is 23.7. The van der Waals surface area contributed by atoms with Crippen LogP contribution in [0.3, 0.4) is 0 Å². The first-order valence-electron chi connectivity index (χ1n) is 11.1. The number of allylic oxidation sites excluding steroid dienone is 2. The average Bonchev–Trinajstić information content (AvgIpc) is 3.10. The Kier molecular flexibility index (Phi) is 12.2. The first-order valence-corrected chi connectivity index (χ1v) is 11.1. The highest BCUT2D eigenvalue weighted by atomic mass is 16.5. The highest BCUT2D eigenvalue weighted by Gasteiger charge is 2.28.